The van der Waals surface area contributed by atoms with Crippen molar-refractivity contribution in [2.45, 2.75) is 45.6 Å². The van der Waals surface area contributed by atoms with Crippen LogP contribution in [0.3, 0.4) is 0 Å². The number of nitrogens with two attached hydrogens (primary N) is 1. The van der Waals surface area contributed by atoms with Crippen molar-refractivity contribution in [3.8, 4) is 0 Å². The first kappa shape index (κ1) is 14.7. The third-order valence-electron chi connectivity index (χ3n) is 2.31. The Balaban J connectivity index is 2.93. The second-order valence-corrected chi connectivity index (χ2v) is 5.63. The molecule has 3 N–H and O–H groups in total. The fraction of sp³-hybridized carbons (Fsp3) is 0.583. The minimum Gasteiger partial charge on any atom is -0.370 e. The van der Waals surface area contributed by atoms with Crippen LogP contribution in [0.25, 0.3) is 0 Å². The van der Waals surface area contributed by atoms with Crippen LogP contribution < -0.4 is 11.1 Å². The highest BCUT2D eigenvalue weighted by atomic mass is 35.5. The van der Waals surface area contributed by atoms with E-state index < -0.39 is 5.54 Å². The lowest BCUT2D eigenvalue weighted by Gasteiger charge is -2.25. The Morgan fingerprint density at radius 1 is 1.50 bits per heavy atom. The lowest BCUT2D eigenvalue weighted by Crippen LogP contribution is -2.36. The molecule has 100 valence electrons. The third kappa shape index (κ3) is 4.49. The number of anilines is 1. The summed E-state index contributed by atoms with van der Waals surface area (Å²) in [5, 5.41) is 3.53. The van der Waals surface area contributed by atoms with Crippen molar-refractivity contribution in [1.82, 2.24) is 9.97 Å². The topological polar surface area (TPSA) is 80.9 Å². The van der Waals surface area contributed by atoms with Crippen LogP contribution in [0.2, 0.25) is 5.15 Å². The van der Waals surface area contributed by atoms with Gasteiger partial charge in [0, 0.05) is 23.9 Å². The van der Waals surface area contributed by atoms with Gasteiger partial charge in [-0.15, -0.1) is 0 Å². The van der Waals surface area contributed by atoms with Crippen LogP contribution in [0.15, 0.2) is 6.07 Å². The van der Waals surface area contributed by atoms with E-state index in [2.05, 4.69) is 15.3 Å². The number of nitrogens with one attached hydrogen (secondary N) is 1. The number of aromatic nitrogens is 2. The van der Waals surface area contributed by atoms with Gasteiger partial charge in [-0.05, 0) is 13.8 Å². The molecule has 0 aliphatic heterocycles. The highest BCUT2D eigenvalue weighted by Crippen LogP contribution is 2.21. The van der Waals surface area contributed by atoms with Crippen LogP contribution in [0, 0.1) is 0 Å². The molecule has 0 aliphatic carbocycles. The molecule has 0 aliphatic rings. The van der Waals surface area contributed by atoms with E-state index in [0.717, 1.165) is 0 Å². The van der Waals surface area contributed by atoms with E-state index in [-0.39, 0.29) is 18.2 Å². The largest absolute Gasteiger partial charge is 0.370 e. The molecule has 18 heavy (non-hydrogen) atoms. The number of hydrogen-bond acceptors (Lipinski definition) is 4. The number of carbonyl (C=O) groups is 1. The van der Waals surface area contributed by atoms with Gasteiger partial charge in [-0.3, -0.25) is 4.79 Å². The van der Waals surface area contributed by atoms with Crippen molar-refractivity contribution >= 4 is 23.3 Å². The highest BCUT2D eigenvalue weighted by Gasteiger charge is 2.21. The third-order valence-corrected chi connectivity index (χ3v) is 2.50. The van der Waals surface area contributed by atoms with Crippen LogP contribution in [0.4, 0.5) is 5.82 Å². The number of rotatable bonds is 5. The summed E-state index contributed by atoms with van der Waals surface area (Å²) in [6.07, 6.45) is 0.214. The zero-order valence-electron chi connectivity index (χ0n) is 11.1. The summed E-state index contributed by atoms with van der Waals surface area (Å²) < 4.78 is 0. The van der Waals surface area contributed by atoms with Crippen molar-refractivity contribution in [2.75, 3.05) is 5.32 Å². The van der Waals surface area contributed by atoms with Gasteiger partial charge in [0.05, 0.1) is 0 Å². The standard InChI is InChI=1S/C12H19ClN4O/c1-7(2)11-15-8(13)5-10(16-11)17-12(3,4)6-9(14)18/h5,7H,6H2,1-4H3,(H2,14,18)(H,15,16,17). The van der Waals surface area contributed by atoms with Gasteiger partial charge in [-0.2, -0.15) is 0 Å². The van der Waals surface area contributed by atoms with E-state index in [9.17, 15) is 4.79 Å². The molecule has 0 saturated heterocycles. The summed E-state index contributed by atoms with van der Waals surface area (Å²) in [5.74, 6) is 1.09. The summed E-state index contributed by atoms with van der Waals surface area (Å²) in [7, 11) is 0. The second-order valence-electron chi connectivity index (χ2n) is 5.24. The molecule has 0 spiro atoms. The van der Waals surface area contributed by atoms with E-state index in [1.165, 1.54) is 0 Å². The Labute approximate surface area is 112 Å². The maximum atomic E-state index is 11.0. The van der Waals surface area contributed by atoms with Gasteiger partial charge >= 0.3 is 0 Å². The van der Waals surface area contributed by atoms with Crippen LogP contribution >= 0.6 is 11.6 Å². The Hall–Kier alpha value is -1.36. The average Bonchev–Trinajstić information content (AvgIpc) is 2.12. The van der Waals surface area contributed by atoms with Crippen LogP contribution in [-0.4, -0.2) is 21.4 Å². The van der Waals surface area contributed by atoms with Gasteiger partial charge in [-0.1, -0.05) is 25.4 Å². The molecule has 5 nitrogen and oxygen atoms in total. The number of primary amides is 1. The van der Waals surface area contributed by atoms with Crippen LogP contribution in [-0.2, 0) is 4.79 Å². The molecule has 0 fully saturated rings. The Morgan fingerprint density at radius 3 is 2.61 bits per heavy atom. The molecule has 6 heteroatoms. The Kier molecular flexibility index (Phi) is 4.51. The van der Waals surface area contributed by atoms with Gasteiger partial charge in [0.15, 0.2) is 0 Å². The quantitative estimate of drug-likeness (QED) is 0.805. The number of nitrogens with zero attached hydrogens (tertiary/aromatic N) is 2. The Bertz CT molecular complexity index is 446. The maximum Gasteiger partial charge on any atom is 0.219 e. The molecule has 0 radical (unpaired) electrons. The second kappa shape index (κ2) is 5.52. The number of halogens is 1. The van der Waals surface area contributed by atoms with Crippen molar-refractivity contribution in [1.29, 1.82) is 0 Å². The lowest BCUT2D eigenvalue weighted by molar-refractivity contribution is -0.118. The first-order chi connectivity index (χ1) is 8.19. The predicted octanol–water partition coefficient (Wildman–Crippen LogP) is 2.32. The first-order valence-corrected chi connectivity index (χ1v) is 6.18. The summed E-state index contributed by atoms with van der Waals surface area (Å²) in [6.45, 7) is 7.74. The predicted molar refractivity (Wildman–Crippen MR) is 72.6 cm³/mol. The number of amides is 1. The zero-order chi connectivity index (χ0) is 13.9. The number of hydrogen-bond donors (Lipinski definition) is 2. The van der Waals surface area contributed by atoms with Crippen LogP contribution in [0.5, 0.6) is 0 Å². The van der Waals surface area contributed by atoms with Gasteiger partial charge in [0.1, 0.15) is 16.8 Å². The van der Waals surface area contributed by atoms with Crippen molar-refractivity contribution in [3.05, 3.63) is 17.0 Å². The van der Waals surface area contributed by atoms with E-state index in [1.807, 2.05) is 27.7 Å². The monoisotopic (exact) mass is 270 g/mol. The minimum absolute atomic E-state index is 0.184. The minimum atomic E-state index is -0.474. The molecule has 1 rings (SSSR count). The molecule has 1 heterocycles. The van der Waals surface area contributed by atoms with Crippen LogP contribution in [0.1, 0.15) is 45.9 Å². The Morgan fingerprint density at radius 2 is 2.11 bits per heavy atom. The summed E-state index contributed by atoms with van der Waals surface area (Å²) in [4.78, 5) is 19.5. The molecule has 0 unspecified atom stereocenters. The van der Waals surface area contributed by atoms with Gasteiger partial charge in [0.25, 0.3) is 0 Å². The molecule has 0 atom stereocenters. The molecule has 0 saturated carbocycles. The SMILES string of the molecule is CC(C)c1nc(Cl)cc(NC(C)(C)CC(N)=O)n1. The zero-order valence-corrected chi connectivity index (χ0v) is 11.9. The van der Waals surface area contributed by atoms with Crippen molar-refractivity contribution in [2.24, 2.45) is 5.73 Å². The fourth-order valence-corrected chi connectivity index (χ4v) is 1.77. The molecular formula is C12H19ClN4O. The van der Waals surface area contributed by atoms with E-state index in [4.69, 9.17) is 17.3 Å². The fourth-order valence-electron chi connectivity index (χ4n) is 1.58. The van der Waals surface area contributed by atoms with Gasteiger partial charge < -0.3 is 11.1 Å². The van der Waals surface area contributed by atoms with Crippen molar-refractivity contribution < 1.29 is 4.79 Å². The van der Waals surface area contributed by atoms with Gasteiger partial charge in [0.2, 0.25) is 5.91 Å². The summed E-state index contributed by atoms with van der Waals surface area (Å²) >= 11 is 5.95. The van der Waals surface area contributed by atoms with E-state index in [1.54, 1.807) is 6.07 Å². The van der Waals surface area contributed by atoms with E-state index in [0.29, 0.717) is 16.8 Å². The lowest BCUT2D eigenvalue weighted by atomic mass is 10.0. The normalized spacial score (nSPS) is 11.7. The highest BCUT2D eigenvalue weighted by molar-refractivity contribution is 6.29. The summed E-state index contributed by atoms with van der Waals surface area (Å²) in [5.41, 5.74) is 4.73. The molecule has 0 bridgehead atoms. The molecule has 0 aromatic carbocycles. The van der Waals surface area contributed by atoms with Crippen molar-refractivity contribution in [3.63, 3.8) is 0 Å². The smallest absolute Gasteiger partial charge is 0.219 e. The molecule has 1 amide bonds. The van der Waals surface area contributed by atoms with E-state index >= 15 is 0 Å². The summed E-state index contributed by atoms with van der Waals surface area (Å²) in [6, 6.07) is 1.64. The molecule has 1 aromatic rings. The maximum absolute atomic E-state index is 11.0. The average molecular weight is 271 g/mol. The first-order valence-electron chi connectivity index (χ1n) is 5.80. The number of carbonyl (C=O) groups excluding carboxylic acids is 1. The molecular weight excluding hydrogens is 252 g/mol. The van der Waals surface area contributed by atoms with Gasteiger partial charge in [-0.25, -0.2) is 9.97 Å². The molecule has 1 aromatic heterocycles.